The number of carbonyl (C=O) groups is 2. The van der Waals surface area contributed by atoms with Gasteiger partial charge in [-0.25, -0.2) is 4.99 Å². The zero-order chi connectivity index (χ0) is 22.7. The lowest BCUT2D eigenvalue weighted by atomic mass is 10.1. The molecule has 0 fully saturated rings. The molecule has 0 saturated carbocycles. The first kappa shape index (κ1) is 20.9. The molecule has 0 saturated heterocycles. The zero-order valence-electron chi connectivity index (χ0n) is 17.6. The minimum atomic E-state index is -0.289. The minimum absolute atomic E-state index is 0.0155. The van der Waals surface area contributed by atoms with Crippen molar-refractivity contribution in [3.05, 3.63) is 89.6 Å². The van der Waals surface area contributed by atoms with Crippen molar-refractivity contribution in [2.24, 2.45) is 4.99 Å². The van der Waals surface area contributed by atoms with Gasteiger partial charge in [-0.3, -0.25) is 14.5 Å². The molecule has 0 aliphatic carbocycles. The fourth-order valence-corrected chi connectivity index (χ4v) is 3.38. The van der Waals surface area contributed by atoms with Crippen LogP contribution in [0.3, 0.4) is 0 Å². The number of carbonyl (C=O) groups excluding carboxylic acids is 2. The Labute approximate surface area is 185 Å². The predicted octanol–water partition coefficient (Wildman–Crippen LogP) is 4.19. The second kappa shape index (κ2) is 8.77. The van der Waals surface area contributed by atoms with Crippen LogP contribution in [-0.2, 0) is 9.59 Å². The fourth-order valence-electron chi connectivity index (χ4n) is 3.38. The average molecular weight is 427 g/mol. The van der Waals surface area contributed by atoms with E-state index in [9.17, 15) is 14.7 Å². The smallest absolute Gasteiger partial charge is 0.282 e. The second-order valence-corrected chi connectivity index (χ2v) is 7.13. The number of methoxy groups -OCH3 is 1. The Kier molecular flexibility index (Phi) is 5.72. The highest BCUT2D eigenvalue weighted by atomic mass is 16.5. The zero-order valence-corrected chi connectivity index (χ0v) is 17.6. The maximum absolute atomic E-state index is 13.4. The van der Waals surface area contributed by atoms with Crippen LogP contribution in [0.4, 0.5) is 11.4 Å². The van der Waals surface area contributed by atoms with Gasteiger partial charge in [0.25, 0.3) is 5.91 Å². The van der Waals surface area contributed by atoms with Crippen molar-refractivity contribution < 1.29 is 19.4 Å². The first-order valence-electron chi connectivity index (χ1n) is 9.91. The van der Waals surface area contributed by atoms with E-state index in [4.69, 9.17) is 4.74 Å². The second-order valence-electron chi connectivity index (χ2n) is 7.13. The number of aliphatic imine (C=N–C) groups is 1. The van der Waals surface area contributed by atoms with Crippen molar-refractivity contribution in [3.8, 4) is 11.5 Å². The summed E-state index contributed by atoms with van der Waals surface area (Å²) >= 11 is 0. The Balaban J connectivity index is 1.75. The van der Waals surface area contributed by atoms with Gasteiger partial charge in [-0.15, -0.1) is 0 Å². The number of hydrogen-bond acceptors (Lipinski definition) is 5. The molecule has 1 aliphatic rings. The van der Waals surface area contributed by atoms with E-state index in [2.05, 4.69) is 10.3 Å². The molecule has 0 radical (unpaired) electrons. The quantitative estimate of drug-likeness (QED) is 0.597. The third kappa shape index (κ3) is 4.22. The molecule has 2 amide bonds. The van der Waals surface area contributed by atoms with Crippen LogP contribution in [0.25, 0.3) is 6.08 Å². The normalized spacial score (nSPS) is 14.4. The molecular weight excluding hydrogens is 406 g/mol. The van der Waals surface area contributed by atoms with Crippen molar-refractivity contribution >= 4 is 35.1 Å². The first-order valence-corrected chi connectivity index (χ1v) is 9.91. The summed E-state index contributed by atoms with van der Waals surface area (Å²) in [5.41, 5.74) is 2.97. The van der Waals surface area contributed by atoms with Crippen molar-refractivity contribution in [1.82, 2.24) is 0 Å². The fraction of sp³-hybridized carbons (Fsp3) is 0.0800. The van der Waals surface area contributed by atoms with E-state index in [1.54, 1.807) is 42.5 Å². The van der Waals surface area contributed by atoms with Gasteiger partial charge in [0.05, 0.1) is 12.8 Å². The van der Waals surface area contributed by atoms with Gasteiger partial charge in [0.2, 0.25) is 5.91 Å². The molecule has 4 rings (SSSR count). The van der Waals surface area contributed by atoms with E-state index in [-0.39, 0.29) is 23.3 Å². The van der Waals surface area contributed by atoms with E-state index in [0.717, 1.165) is 5.56 Å². The van der Waals surface area contributed by atoms with Crippen LogP contribution in [0.15, 0.2) is 83.5 Å². The first-order chi connectivity index (χ1) is 15.5. The molecule has 0 atom stereocenters. The van der Waals surface area contributed by atoms with Crippen LogP contribution < -0.4 is 15.0 Å². The van der Waals surface area contributed by atoms with Gasteiger partial charge in [-0.1, -0.05) is 36.4 Å². The van der Waals surface area contributed by atoms with E-state index in [0.29, 0.717) is 28.5 Å². The topological polar surface area (TPSA) is 91.2 Å². The van der Waals surface area contributed by atoms with Gasteiger partial charge in [-0.05, 0) is 48.0 Å². The molecule has 3 aromatic rings. The summed E-state index contributed by atoms with van der Waals surface area (Å²) in [7, 11) is 1.46. The molecule has 2 N–H and O–H groups in total. The largest absolute Gasteiger partial charge is 0.504 e. The summed E-state index contributed by atoms with van der Waals surface area (Å²) in [4.78, 5) is 30.8. The third-order valence-corrected chi connectivity index (χ3v) is 4.85. The Morgan fingerprint density at radius 2 is 1.78 bits per heavy atom. The van der Waals surface area contributed by atoms with Gasteiger partial charge in [0, 0.05) is 18.2 Å². The van der Waals surface area contributed by atoms with Gasteiger partial charge in [0.15, 0.2) is 11.5 Å². The third-order valence-electron chi connectivity index (χ3n) is 4.85. The number of aromatic hydroxyl groups is 1. The molecule has 0 bridgehead atoms. The van der Waals surface area contributed by atoms with Crippen molar-refractivity contribution in [3.63, 3.8) is 0 Å². The number of nitrogens with one attached hydrogen (secondary N) is 1. The maximum atomic E-state index is 13.4. The summed E-state index contributed by atoms with van der Waals surface area (Å²) in [6, 6.07) is 21.2. The standard InChI is InChI=1S/C25H21N3O4/c1-16(29)26-19-9-11-20(12-10-19)28-24(18-6-4-3-5-7-18)27-21(25(28)31)14-17-8-13-22(30)23(15-17)32-2/h3-15,30H,1-2H3,(H,26,29)/b21-14-. The molecule has 0 unspecified atom stereocenters. The minimum Gasteiger partial charge on any atom is -0.504 e. The van der Waals surface area contributed by atoms with Gasteiger partial charge < -0.3 is 15.2 Å². The maximum Gasteiger partial charge on any atom is 0.282 e. The molecule has 7 nitrogen and oxygen atoms in total. The summed E-state index contributed by atoms with van der Waals surface area (Å²) < 4.78 is 5.16. The number of amidine groups is 1. The van der Waals surface area contributed by atoms with E-state index < -0.39 is 0 Å². The number of anilines is 2. The van der Waals surface area contributed by atoms with Crippen molar-refractivity contribution in [1.29, 1.82) is 0 Å². The average Bonchev–Trinajstić information content (AvgIpc) is 3.12. The lowest BCUT2D eigenvalue weighted by Crippen LogP contribution is -2.32. The van der Waals surface area contributed by atoms with Crippen molar-refractivity contribution in [2.75, 3.05) is 17.3 Å². The monoisotopic (exact) mass is 427 g/mol. The predicted molar refractivity (Wildman–Crippen MR) is 124 cm³/mol. The number of benzene rings is 3. The lowest BCUT2D eigenvalue weighted by molar-refractivity contribution is -0.114. The lowest BCUT2D eigenvalue weighted by Gasteiger charge is -2.19. The van der Waals surface area contributed by atoms with E-state index in [1.165, 1.54) is 25.0 Å². The van der Waals surface area contributed by atoms with E-state index in [1.807, 2.05) is 30.3 Å². The highest BCUT2D eigenvalue weighted by Crippen LogP contribution is 2.31. The number of phenolic OH excluding ortho intramolecular Hbond substituents is 1. The van der Waals surface area contributed by atoms with Crippen molar-refractivity contribution in [2.45, 2.75) is 6.92 Å². The molecule has 7 heteroatoms. The van der Waals surface area contributed by atoms with Crippen LogP contribution in [-0.4, -0.2) is 29.9 Å². The molecule has 3 aromatic carbocycles. The number of amides is 2. The van der Waals surface area contributed by atoms with Gasteiger partial charge in [0.1, 0.15) is 11.5 Å². The SMILES string of the molecule is COc1cc(/C=C2\N=C(c3ccccc3)N(c3ccc(NC(C)=O)cc3)C2=O)ccc1O. The van der Waals surface area contributed by atoms with Crippen LogP contribution in [0.5, 0.6) is 11.5 Å². The molecule has 0 aromatic heterocycles. The van der Waals surface area contributed by atoms with Crippen LogP contribution in [0.2, 0.25) is 0 Å². The van der Waals surface area contributed by atoms with Crippen LogP contribution >= 0.6 is 0 Å². The Morgan fingerprint density at radius 3 is 2.44 bits per heavy atom. The molecule has 160 valence electrons. The summed E-state index contributed by atoms with van der Waals surface area (Å²) in [6.07, 6.45) is 1.65. The highest BCUT2D eigenvalue weighted by molar-refractivity contribution is 6.33. The Hall–Kier alpha value is -4.39. The number of nitrogens with zero attached hydrogens (tertiary/aromatic N) is 2. The van der Waals surface area contributed by atoms with Crippen LogP contribution in [0.1, 0.15) is 18.1 Å². The van der Waals surface area contributed by atoms with Gasteiger partial charge >= 0.3 is 0 Å². The summed E-state index contributed by atoms with van der Waals surface area (Å²) in [6.45, 7) is 1.44. The molecular formula is C25H21N3O4. The Morgan fingerprint density at radius 1 is 1.06 bits per heavy atom. The van der Waals surface area contributed by atoms with E-state index >= 15 is 0 Å². The Bertz CT molecular complexity index is 1230. The van der Waals surface area contributed by atoms with Crippen LogP contribution in [0, 0.1) is 0 Å². The molecule has 32 heavy (non-hydrogen) atoms. The number of phenols is 1. The number of ether oxygens (including phenoxy) is 1. The molecule has 0 spiro atoms. The van der Waals surface area contributed by atoms with Gasteiger partial charge in [-0.2, -0.15) is 0 Å². The summed E-state index contributed by atoms with van der Waals surface area (Å²) in [5, 5.41) is 12.5. The highest BCUT2D eigenvalue weighted by Gasteiger charge is 2.32. The number of hydrogen-bond donors (Lipinski definition) is 2. The molecule has 1 aliphatic heterocycles. The summed E-state index contributed by atoms with van der Waals surface area (Å²) in [5.74, 6) is 0.364. The molecule has 1 heterocycles. The number of rotatable bonds is 5.